The zero-order valence-corrected chi connectivity index (χ0v) is 23.6. The van der Waals surface area contributed by atoms with E-state index in [0.717, 1.165) is 11.8 Å². The van der Waals surface area contributed by atoms with E-state index in [2.05, 4.69) is 10.1 Å². The highest BCUT2D eigenvalue weighted by Gasteiger charge is 2.40. The summed E-state index contributed by atoms with van der Waals surface area (Å²) in [7, 11) is 2.82. The molecule has 0 saturated carbocycles. The van der Waals surface area contributed by atoms with Gasteiger partial charge in [0.05, 0.1) is 26.1 Å². The van der Waals surface area contributed by atoms with Gasteiger partial charge in [-0.2, -0.15) is 18.3 Å². The van der Waals surface area contributed by atoms with Gasteiger partial charge in [-0.15, -0.1) is 0 Å². The fourth-order valence-electron chi connectivity index (χ4n) is 5.51. The van der Waals surface area contributed by atoms with Crippen molar-refractivity contribution < 1.29 is 32.2 Å². The Bertz CT molecular complexity index is 1610. The predicted octanol–water partition coefficient (Wildman–Crippen LogP) is 4.79. The first kappa shape index (κ1) is 29.1. The van der Waals surface area contributed by atoms with Gasteiger partial charge in [-0.05, 0) is 43.7 Å². The molecule has 0 unspecified atom stereocenters. The molecule has 1 aliphatic heterocycles. The maximum absolute atomic E-state index is 14.3. The first-order chi connectivity index (χ1) is 20.0. The third-order valence-electron chi connectivity index (χ3n) is 7.57. The molecule has 5 rings (SSSR count). The van der Waals surface area contributed by atoms with Crippen molar-refractivity contribution >= 4 is 17.5 Å². The third-order valence-corrected chi connectivity index (χ3v) is 7.57. The maximum Gasteiger partial charge on any atom is 0.433 e. The lowest BCUT2D eigenvalue weighted by molar-refractivity contribution is -0.148. The Labute approximate surface area is 240 Å². The van der Waals surface area contributed by atoms with E-state index in [1.165, 1.54) is 21.1 Å². The Morgan fingerprint density at radius 2 is 1.71 bits per heavy atom. The number of nitrogens with zero attached hydrogens (tertiary/aromatic N) is 5. The zero-order chi connectivity index (χ0) is 30.2. The van der Waals surface area contributed by atoms with Gasteiger partial charge < -0.3 is 14.4 Å². The molecule has 1 aliphatic rings. The molecule has 2 aromatic heterocycles. The second-order valence-electron chi connectivity index (χ2n) is 10.1. The molecule has 9 nitrogen and oxygen atoms in total. The van der Waals surface area contributed by atoms with Gasteiger partial charge in [0, 0.05) is 36.8 Å². The highest BCUT2D eigenvalue weighted by atomic mass is 19.4. The van der Waals surface area contributed by atoms with Crippen molar-refractivity contribution in [3.05, 3.63) is 83.2 Å². The quantitative estimate of drug-likeness (QED) is 0.303. The summed E-state index contributed by atoms with van der Waals surface area (Å²) in [4.78, 5) is 34.6. The Balaban J connectivity index is 1.50. The van der Waals surface area contributed by atoms with Crippen LogP contribution in [0.2, 0.25) is 0 Å². The van der Waals surface area contributed by atoms with E-state index in [9.17, 15) is 22.8 Å². The fraction of sp³-hybridized carbons (Fsp3) is 0.333. The minimum Gasteiger partial charge on any atom is -0.497 e. The van der Waals surface area contributed by atoms with Gasteiger partial charge in [0.2, 0.25) is 0 Å². The van der Waals surface area contributed by atoms with Crippen LogP contribution in [0.3, 0.4) is 0 Å². The van der Waals surface area contributed by atoms with Crippen LogP contribution in [-0.2, 0) is 15.7 Å². The highest BCUT2D eigenvalue weighted by Crippen LogP contribution is 2.37. The number of hydrogen-bond donors (Lipinski definition) is 0. The smallest absolute Gasteiger partial charge is 0.433 e. The minimum atomic E-state index is -4.75. The lowest BCUT2D eigenvalue weighted by Gasteiger charge is -2.42. The molecule has 0 N–H and O–H groups in total. The van der Waals surface area contributed by atoms with E-state index in [1.807, 2.05) is 42.2 Å². The van der Waals surface area contributed by atoms with Crippen molar-refractivity contribution in [2.75, 3.05) is 33.9 Å². The number of alkyl halides is 3. The van der Waals surface area contributed by atoms with Gasteiger partial charge in [-0.3, -0.25) is 9.69 Å². The summed E-state index contributed by atoms with van der Waals surface area (Å²) in [5.74, 6) is -0.360. The molecule has 0 bridgehead atoms. The fourth-order valence-corrected chi connectivity index (χ4v) is 5.51. The first-order valence-corrected chi connectivity index (χ1v) is 13.3. The summed E-state index contributed by atoms with van der Waals surface area (Å²) >= 11 is 0. The molecule has 3 heterocycles. The largest absolute Gasteiger partial charge is 0.497 e. The number of piperazine rings is 1. The van der Waals surface area contributed by atoms with Crippen molar-refractivity contribution in [2.24, 2.45) is 0 Å². The van der Waals surface area contributed by atoms with Gasteiger partial charge in [0.1, 0.15) is 17.4 Å². The van der Waals surface area contributed by atoms with E-state index >= 15 is 0 Å². The monoisotopic (exact) mass is 581 g/mol. The summed E-state index contributed by atoms with van der Waals surface area (Å²) in [6.45, 7) is 4.10. The molecule has 4 aromatic rings. The van der Waals surface area contributed by atoms with Crippen LogP contribution >= 0.6 is 0 Å². The van der Waals surface area contributed by atoms with Crippen molar-refractivity contribution in [3.8, 4) is 17.0 Å². The normalized spacial score (nSPS) is 16.8. The number of halogens is 3. The zero-order valence-electron chi connectivity index (χ0n) is 23.6. The summed E-state index contributed by atoms with van der Waals surface area (Å²) in [6, 6.07) is 14.7. The van der Waals surface area contributed by atoms with Crippen LogP contribution in [0, 0.1) is 6.92 Å². The van der Waals surface area contributed by atoms with Crippen LogP contribution < -0.4 is 4.74 Å². The molecule has 0 aliphatic carbocycles. The van der Waals surface area contributed by atoms with E-state index in [4.69, 9.17) is 9.47 Å². The van der Waals surface area contributed by atoms with Gasteiger partial charge >= 0.3 is 12.1 Å². The summed E-state index contributed by atoms with van der Waals surface area (Å²) in [5.41, 5.74) is -0.0353. The number of hydrogen-bond acceptors (Lipinski definition) is 7. The van der Waals surface area contributed by atoms with E-state index in [0.29, 0.717) is 28.9 Å². The molecule has 2 aromatic carbocycles. The average Bonchev–Trinajstić information content (AvgIpc) is 3.39. The number of amides is 1. The molecule has 42 heavy (non-hydrogen) atoms. The molecule has 220 valence electrons. The predicted molar refractivity (Wildman–Crippen MR) is 148 cm³/mol. The summed E-state index contributed by atoms with van der Waals surface area (Å²) in [6.07, 6.45) is -3.62. The maximum atomic E-state index is 14.3. The van der Waals surface area contributed by atoms with Crippen LogP contribution in [0.5, 0.6) is 5.75 Å². The van der Waals surface area contributed by atoms with Gasteiger partial charge in [0.15, 0.2) is 11.3 Å². The molecule has 12 heteroatoms. The highest BCUT2D eigenvalue weighted by molar-refractivity contribution is 6.00. The summed E-state index contributed by atoms with van der Waals surface area (Å²) in [5, 5.41) is 3.96. The molecule has 0 spiro atoms. The van der Waals surface area contributed by atoms with Crippen molar-refractivity contribution in [3.63, 3.8) is 0 Å². The second kappa shape index (κ2) is 11.4. The Morgan fingerprint density at radius 1 is 1.02 bits per heavy atom. The van der Waals surface area contributed by atoms with Crippen molar-refractivity contribution in [1.29, 1.82) is 0 Å². The minimum absolute atomic E-state index is 0.0388. The Kier molecular flexibility index (Phi) is 7.91. The van der Waals surface area contributed by atoms with Gasteiger partial charge in [-0.1, -0.05) is 30.3 Å². The van der Waals surface area contributed by atoms with E-state index in [1.54, 1.807) is 29.2 Å². The number of carbonyl (C=O) groups is 2. The Hall–Kier alpha value is -4.45. The van der Waals surface area contributed by atoms with Crippen molar-refractivity contribution in [1.82, 2.24) is 24.4 Å². The number of carbonyl (C=O) groups excluding carboxylic acids is 2. The van der Waals surface area contributed by atoms with Crippen LogP contribution in [0.25, 0.3) is 16.9 Å². The number of benzene rings is 2. The number of ether oxygens (including phenoxy) is 2. The van der Waals surface area contributed by atoms with Crippen LogP contribution in [-0.4, -0.2) is 76.2 Å². The van der Waals surface area contributed by atoms with E-state index in [-0.39, 0.29) is 35.1 Å². The molecule has 1 amide bonds. The van der Waals surface area contributed by atoms with Gasteiger partial charge in [-0.25, -0.2) is 14.3 Å². The third kappa shape index (κ3) is 5.29. The lowest BCUT2D eigenvalue weighted by Crippen LogP contribution is -2.55. The van der Waals surface area contributed by atoms with E-state index < -0.39 is 29.8 Å². The standard InChI is InChI=1S/C30H30F3N5O4/c1-18-17-36(25(29(40)42-4)21-8-6-5-7-9-21)14-15-37(18)28(39)23-16-34-38-26(30(31,32)33)19(2)24(35-27(23)38)20-10-12-22(41-3)13-11-20/h5-13,16,18,25H,14-15,17H2,1-4H3/t18-,25-/m1/s1. The second-order valence-corrected chi connectivity index (χ2v) is 10.1. The first-order valence-electron chi connectivity index (χ1n) is 13.3. The molecular weight excluding hydrogens is 551 g/mol. The molecule has 2 atom stereocenters. The number of rotatable bonds is 6. The van der Waals surface area contributed by atoms with Crippen molar-refractivity contribution in [2.45, 2.75) is 32.1 Å². The number of methoxy groups -OCH3 is 2. The van der Waals surface area contributed by atoms with Crippen LogP contribution in [0.15, 0.2) is 60.8 Å². The average molecular weight is 582 g/mol. The topological polar surface area (TPSA) is 89.3 Å². The molecular formula is C30H30F3N5O4. The molecule has 1 fully saturated rings. The Morgan fingerprint density at radius 3 is 2.31 bits per heavy atom. The number of aromatic nitrogens is 3. The van der Waals surface area contributed by atoms with Crippen LogP contribution in [0.4, 0.5) is 13.2 Å². The summed E-state index contributed by atoms with van der Waals surface area (Å²) < 4.78 is 53.9. The van der Waals surface area contributed by atoms with Crippen LogP contribution in [0.1, 0.15) is 40.1 Å². The number of esters is 1. The molecule has 1 saturated heterocycles. The molecule has 0 radical (unpaired) electrons. The van der Waals surface area contributed by atoms with Gasteiger partial charge in [0.25, 0.3) is 5.91 Å². The number of fused-ring (bicyclic) bond motifs is 1. The SMILES string of the molecule is COC(=O)[C@@H](c1ccccc1)N1CCN(C(=O)c2cnn3c(C(F)(F)F)c(C)c(-c4ccc(OC)cc4)nc23)[C@H](C)C1. The lowest BCUT2D eigenvalue weighted by atomic mass is 10.0.